The average Bonchev–Trinajstić information content (AvgIpc) is 2.96. The van der Waals surface area contributed by atoms with Gasteiger partial charge in [0, 0.05) is 17.7 Å². The Morgan fingerprint density at radius 2 is 2.56 bits per heavy atom. The molecular formula is C12H19N3O2S. The van der Waals surface area contributed by atoms with E-state index in [0.717, 1.165) is 35.9 Å². The molecule has 0 aromatic carbocycles. The van der Waals surface area contributed by atoms with Crippen LogP contribution in [-0.2, 0) is 17.8 Å². The second-order valence-electron chi connectivity index (χ2n) is 4.53. The molecule has 0 radical (unpaired) electrons. The molecule has 6 heteroatoms. The van der Waals surface area contributed by atoms with Gasteiger partial charge in [-0.3, -0.25) is 9.69 Å². The van der Waals surface area contributed by atoms with E-state index in [1.54, 1.807) is 11.8 Å². The number of hydrogen-bond acceptors (Lipinski definition) is 5. The van der Waals surface area contributed by atoms with Gasteiger partial charge in [0.25, 0.3) is 0 Å². The first kappa shape index (κ1) is 13.4. The SMILES string of the molecule is CCCc1cc(CNC(=O)[C@@H]2CSCN2C)on1. The van der Waals surface area contributed by atoms with Crippen LogP contribution in [0.3, 0.4) is 0 Å². The molecular weight excluding hydrogens is 250 g/mol. The summed E-state index contributed by atoms with van der Waals surface area (Å²) in [7, 11) is 1.97. The maximum absolute atomic E-state index is 11.9. The largest absolute Gasteiger partial charge is 0.359 e. The molecule has 1 fully saturated rings. The van der Waals surface area contributed by atoms with Crippen LogP contribution < -0.4 is 5.32 Å². The van der Waals surface area contributed by atoms with Gasteiger partial charge in [0.05, 0.1) is 18.3 Å². The summed E-state index contributed by atoms with van der Waals surface area (Å²) >= 11 is 1.78. The number of likely N-dealkylation sites (N-methyl/N-ethyl adjacent to an activating group) is 1. The number of rotatable bonds is 5. The number of aromatic nitrogens is 1. The Labute approximate surface area is 111 Å². The summed E-state index contributed by atoms with van der Waals surface area (Å²) in [6, 6.07) is 1.89. The van der Waals surface area contributed by atoms with Crippen molar-refractivity contribution in [3.63, 3.8) is 0 Å². The fourth-order valence-electron chi connectivity index (χ4n) is 1.91. The Morgan fingerprint density at radius 3 is 3.22 bits per heavy atom. The van der Waals surface area contributed by atoms with E-state index >= 15 is 0 Å². The molecule has 18 heavy (non-hydrogen) atoms. The van der Waals surface area contributed by atoms with Crippen molar-refractivity contribution in [1.82, 2.24) is 15.4 Å². The van der Waals surface area contributed by atoms with Gasteiger partial charge < -0.3 is 9.84 Å². The van der Waals surface area contributed by atoms with Crippen molar-refractivity contribution in [3.8, 4) is 0 Å². The van der Waals surface area contributed by atoms with E-state index in [0.29, 0.717) is 6.54 Å². The summed E-state index contributed by atoms with van der Waals surface area (Å²) in [5, 5.41) is 6.85. The average molecular weight is 269 g/mol. The molecule has 5 nitrogen and oxygen atoms in total. The molecule has 0 aliphatic carbocycles. The smallest absolute Gasteiger partial charge is 0.238 e. The molecule has 100 valence electrons. The standard InChI is InChI=1S/C12H19N3O2S/c1-3-4-9-5-10(17-14-9)6-13-12(16)11-7-18-8-15(11)2/h5,11H,3-4,6-8H2,1-2H3,(H,13,16)/t11-/m0/s1. The predicted molar refractivity (Wildman–Crippen MR) is 71.2 cm³/mol. The Balaban J connectivity index is 1.81. The lowest BCUT2D eigenvalue weighted by molar-refractivity contribution is -0.124. The van der Waals surface area contributed by atoms with Gasteiger partial charge in [0.15, 0.2) is 5.76 Å². The Hall–Kier alpha value is -1.01. The normalized spacial score (nSPS) is 20.2. The molecule has 1 aliphatic heterocycles. The zero-order valence-corrected chi connectivity index (χ0v) is 11.6. The summed E-state index contributed by atoms with van der Waals surface area (Å²) in [5.74, 6) is 2.57. The van der Waals surface area contributed by atoms with Crippen molar-refractivity contribution >= 4 is 17.7 Å². The lowest BCUT2D eigenvalue weighted by Crippen LogP contribution is -2.42. The zero-order valence-electron chi connectivity index (χ0n) is 10.8. The molecule has 0 saturated carbocycles. The van der Waals surface area contributed by atoms with Crippen LogP contribution in [0.15, 0.2) is 10.6 Å². The van der Waals surface area contributed by atoms with Crippen molar-refractivity contribution in [2.24, 2.45) is 0 Å². The molecule has 0 unspecified atom stereocenters. The van der Waals surface area contributed by atoms with Crippen LogP contribution in [0, 0.1) is 0 Å². The Kier molecular flexibility index (Phi) is 4.66. The number of nitrogens with one attached hydrogen (secondary N) is 1. The van der Waals surface area contributed by atoms with Crippen LogP contribution in [0.2, 0.25) is 0 Å². The van der Waals surface area contributed by atoms with Gasteiger partial charge >= 0.3 is 0 Å². The van der Waals surface area contributed by atoms with Crippen LogP contribution in [-0.4, -0.2) is 40.7 Å². The van der Waals surface area contributed by atoms with Gasteiger partial charge in [-0.2, -0.15) is 0 Å². The fraction of sp³-hybridized carbons (Fsp3) is 0.667. The van der Waals surface area contributed by atoms with Gasteiger partial charge in [-0.05, 0) is 13.5 Å². The van der Waals surface area contributed by atoms with Crippen molar-refractivity contribution in [3.05, 3.63) is 17.5 Å². The van der Waals surface area contributed by atoms with Gasteiger partial charge in [-0.25, -0.2) is 0 Å². The number of aryl methyl sites for hydroxylation is 1. The molecule has 1 aromatic heterocycles. The molecule has 0 bridgehead atoms. The highest BCUT2D eigenvalue weighted by atomic mass is 32.2. The molecule has 2 heterocycles. The molecule has 1 atom stereocenters. The predicted octanol–water partition coefficient (Wildman–Crippen LogP) is 1.25. The Bertz CT molecular complexity index is 408. The first-order chi connectivity index (χ1) is 8.70. The van der Waals surface area contributed by atoms with Gasteiger partial charge in [0.2, 0.25) is 5.91 Å². The highest BCUT2D eigenvalue weighted by molar-refractivity contribution is 7.99. The number of thioether (sulfide) groups is 1. The molecule has 0 spiro atoms. The number of hydrogen-bond donors (Lipinski definition) is 1. The molecule has 1 aromatic rings. The van der Waals surface area contributed by atoms with E-state index in [2.05, 4.69) is 22.3 Å². The minimum atomic E-state index is -0.0203. The third-order valence-electron chi connectivity index (χ3n) is 2.96. The van der Waals surface area contributed by atoms with E-state index < -0.39 is 0 Å². The number of nitrogens with zero attached hydrogens (tertiary/aromatic N) is 2. The fourth-order valence-corrected chi connectivity index (χ4v) is 3.11. The maximum atomic E-state index is 11.9. The van der Waals surface area contributed by atoms with E-state index in [1.165, 1.54) is 0 Å². The monoisotopic (exact) mass is 269 g/mol. The summed E-state index contributed by atoms with van der Waals surface area (Å²) in [6.07, 6.45) is 1.96. The quantitative estimate of drug-likeness (QED) is 0.871. The number of carbonyl (C=O) groups is 1. The second-order valence-corrected chi connectivity index (χ2v) is 5.52. The van der Waals surface area contributed by atoms with E-state index in [-0.39, 0.29) is 11.9 Å². The van der Waals surface area contributed by atoms with Crippen molar-refractivity contribution in [2.45, 2.75) is 32.4 Å². The maximum Gasteiger partial charge on any atom is 0.238 e. The van der Waals surface area contributed by atoms with Gasteiger partial charge in [-0.1, -0.05) is 18.5 Å². The Morgan fingerprint density at radius 1 is 1.72 bits per heavy atom. The van der Waals surface area contributed by atoms with Crippen molar-refractivity contribution < 1.29 is 9.32 Å². The molecule has 1 N–H and O–H groups in total. The van der Waals surface area contributed by atoms with Crippen LogP contribution in [0.1, 0.15) is 24.8 Å². The topological polar surface area (TPSA) is 58.4 Å². The van der Waals surface area contributed by atoms with Crippen LogP contribution in [0.4, 0.5) is 0 Å². The van der Waals surface area contributed by atoms with E-state index in [1.807, 2.05) is 13.1 Å². The highest BCUT2D eigenvalue weighted by Gasteiger charge is 2.28. The minimum absolute atomic E-state index is 0.0203. The van der Waals surface area contributed by atoms with Crippen molar-refractivity contribution in [1.29, 1.82) is 0 Å². The lowest BCUT2D eigenvalue weighted by atomic mass is 10.2. The molecule has 1 saturated heterocycles. The molecule has 1 amide bonds. The van der Waals surface area contributed by atoms with Crippen LogP contribution in [0.25, 0.3) is 0 Å². The third-order valence-corrected chi connectivity index (χ3v) is 4.10. The number of carbonyl (C=O) groups excluding carboxylic acids is 1. The molecule has 2 rings (SSSR count). The highest BCUT2D eigenvalue weighted by Crippen LogP contribution is 2.18. The third kappa shape index (κ3) is 3.26. The second kappa shape index (κ2) is 6.24. The summed E-state index contributed by atoms with van der Waals surface area (Å²) in [4.78, 5) is 14.0. The van der Waals surface area contributed by atoms with Gasteiger partial charge in [-0.15, -0.1) is 11.8 Å². The number of amides is 1. The minimum Gasteiger partial charge on any atom is -0.359 e. The first-order valence-electron chi connectivity index (χ1n) is 6.21. The van der Waals surface area contributed by atoms with Crippen LogP contribution >= 0.6 is 11.8 Å². The van der Waals surface area contributed by atoms with Crippen LogP contribution in [0.5, 0.6) is 0 Å². The summed E-state index contributed by atoms with van der Waals surface area (Å²) in [5.41, 5.74) is 0.954. The first-order valence-corrected chi connectivity index (χ1v) is 7.36. The lowest BCUT2D eigenvalue weighted by Gasteiger charge is -2.16. The summed E-state index contributed by atoms with van der Waals surface area (Å²) < 4.78 is 5.17. The van der Waals surface area contributed by atoms with Gasteiger partial charge in [0.1, 0.15) is 0 Å². The van der Waals surface area contributed by atoms with Crippen molar-refractivity contribution in [2.75, 3.05) is 18.7 Å². The summed E-state index contributed by atoms with van der Waals surface area (Å²) in [6.45, 7) is 2.52. The van der Waals surface area contributed by atoms with E-state index in [4.69, 9.17) is 4.52 Å². The zero-order chi connectivity index (χ0) is 13.0. The van der Waals surface area contributed by atoms with E-state index in [9.17, 15) is 4.79 Å². The molecule has 1 aliphatic rings.